The van der Waals surface area contributed by atoms with Crippen LogP contribution < -0.4 is 0 Å². The van der Waals surface area contributed by atoms with E-state index in [1.807, 2.05) is 0 Å². The molecule has 1 aliphatic heterocycles. The molecule has 1 nitrogen and oxygen atoms in total. The Hall–Kier alpha value is 0.240. The summed E-state index contributed by atoms with van der Waals surface area (Å²) in [6, 6.07) is 0. The molecule has 1 heterocycles. The van der Waals surface area contributed by atoms with Crippen LogP contribution in [0.2, 0.25) is 0 Å². The van der Waals surface area contributed by atoms with Crippen LogP contribution in [0.3, 0.4) is 0 Å². The van der Waals surface area contributed by atoms with Gasteiger partial charge in [0.2, 0.25) is 4.38 Å². The van der Waals surface area contributed by atoms with E-state index in [2.05, 4.69) is 0 Å². The maximum absolute atomic E-state index is 5.46. The molecule has 0 aromatic heterocycles. The molecule has 2 atom stereocenters. The van der Waals surface area contributed by atoms with Gasteiger partial charge in [0, 0.05) is 0 Å². The third-order valence-corrected chi connectivity index (χ3v) is 3.65. The Morgan fingerprint density at radius 2 is 2.20 bits per heavy atom. The Labute approximate surface area is 70.5 Å². The van der Waals surface area contributed by atoms with Crippen LogP contribution in [0.25, 0.3) is 0 Å². The number of fused-ring (bicyclic) bond motifs is 1. The fourth-order valence-electron chi connectivity index (χ4n) is 1.61. The molecular formula is C7H10OS2. The quantitative estimate of drug-likeness (QED) is 0.522. The first kappa shape index (κ1) is 6.92. The van der Waals surface area contributed by atoms with E-state index in [0.29, 0.717) is 11.4 Å². The van der Waals surface area contributed by atoms with E-state index in [1.54, 1.807) is 11.8 Å². The summed E-state index contributed by atoms with van der Waals surface area (Å²) in [5.41, 5.74) is 0. The Bertz CT molecular complexity index is 142. The van der Waals surface area contributed by atoms with Gasteiger partial charge in [-0.1, -0.05) is 18.2 Å². The summed E-state index contributed by atoms with van der Waals surface area (Å²) in [5.74, 6) is 0. The summed E-state index contributed by atoms with van der Waals surface area (Å²) < 4.78 is 6.23. The molecule has 2 fully saturated rings. The molecule has 0 aromatic carbocycles. The molecule has 1 saturated carbocycles. The van der Waals surface area contributed by atoms with Gasteiger partial charge >= 0.3 is 0 Å². The lowest BCUT2D eigenvalue weighted by atomic mass is 9.97. The Morgan fingerprint density at radius 1 is 1.40 bits per heavy atom. The first-order chi connectivity index (χ1) is 4.86. The van der Waals surface area contributed by atoms with Crippen LogP contribution in [0.5, 0.6) is 0 Å². The van der Waals surface area contributed by atoms with Crippen molar-refractivity contribution in [1.82, 2.24) is 0 Å². The summed E-state index contributed by atoms with van der Waals surface area (Å²) >= 11 is 6.73. The van der Waals surface area contributed by atoms with Crippen LogP contribution in [0.15, 0.2) is 0 Å². The van der Waals surface area contributed by atoms with Crippen molar-refractivity contribution in [2.45, 2.75) is 37.0 Å². The number of hydrogen-bond donors (Lipinski definition) is 0. The summed E-state index contributed by atoms with van der Waals surface area (Å²) in [6.45, 7) is 0. The van der Waals surface area contributed by atoms with Crippen molar-refractivity contribution >= 4 is 28.4 Å². The van der Waals surface area contributed by atoms with Gasteiger partial charge in [-0.3, -0.25) is 0 Å². The van der Waals surface area contributed by atoms with E-state index in [4.69, 9.17) is 17.0 Å². The van der Waals surface area contributed by atoms with Gasteiger partial charge in [-0.15, -0.1) is 0 Å². The molecule has 0 radical (unpaired) electrons. The summed E-state index contributed by atoms with van der Waals surface area (Å²) in [4.78, 5) is 0. The normalized spacial score (nSPS) is 39.0. The minimum Gasteiger partial charge on any atom is -0.474 e. The Balaban J connectivity index is 2.04. The van der Waals surface area contributed by atoms with Crippen LogP contribution in [-0.2, 0) is 4.74 Å². The van der Waals surface area contributed by atoms with Crippen LogP contribution >= 0.6 is 24.0 Å². The molecule has 0 spiro atoms. The number of thiocarbonyl (C=S) groups is 1. The van der Waals surface area contributed by atoms with E-state index < -0.39 is 0 Å². The number of hydrogen-bond acceptors (Lipinski definition) is 3. The van der Waals surface area contributed by atoms with Gasteiger partial charge in [0.25, 0.3) is 0 Å². The van der Waals surface area contributed by atoms with Crippen molar-refractivity contribution in [3.8, 4) is 0 Å². The van der Waals surface area contributed by atoms with Gasteiger partial charge < -0.3 is 4.74 Å². The highest BCUT2D eigenvalue weighted by Gasteiger charge is 2.34. The third-order valence-electron chi connectivity index (χ3n) is 2.14. The van der Waals surface area contributed by atoms with Gasteiger partial charge in [0.05, 0.1) is 5.25 Å². The fourth-order valence-corrected chi connectivity index (χ4v) is 3.16. The largest absolute Gasteiger partial charge is 0.474 e. The Morgan fingerprint density at radius 3 is 3.00 bits per heavy atom. The zero-order valence-electron chi connectivity index (χ0n) is 5.71. The monoisotopic (exact) mass is 174 g/mol. The third kappa shape index (κ3) is 1.17. The first-order valence-corrected chi connectivity index (χ1v) is 5.02. The molecule has 0 aromatic rings. The van der Waals surface area contributed by atoms with Gasteiger partial charge in [0.15, 0.2) is 0 Å². The van der Waals surface area contributed by atoms with Gasteiger partial charge in [-0.25, -0.2) is 0 Å². The Kier molecular flexibility index (Phi) is 1.87. The highest BCUT2D eigenvalue weighted by Crippen LogP contribution is 2.37. The predicted molar refractivity (Wildman–Crippen MR) is 47.3 cm³/mol. The van der Waals surface area contributed by atoms with Crippen molar-refractivity contribution in [3.63, 3.8) is 0 Å². The maximum Gasteiger partial charge on any atom is 0.220 e. The molecule has 1 aliphatic carbocycles. The molecule has 0 unspecified atom stereocenters. The molecule has 10 heavy (non-hydrogen) atoms. The minimum atomic E-state index is 0.464. The molecule has 1 saturated heterocycles. The molecular weight excluding hydrogens is 164 g/mol. The minimum absolute atomic E-state index is 0.464. The zero-order valence-corrected chi connectivity index (χ0v) is 7.34. The van der Waals surface area contributed by atoms with Crippen LogP contribution in [0.1, 0.15) is 25.7 Å². The first-order valence-electron chi connectivity index (χ1n) is 3.73. The second-order valence-corrected chi connectivity index (χ2v) is 4.69. The van der Waals surface area contributed by atoms with Crippen molar-refractivity contribution in [3.05, 3.63) is 0 Å². The maximum atomic E-state index is 5.46. The second-order valence-electron chi connectivity index (χ2n) is 2.85. The lowest BCUT2D eigenvalue weighted by Crippen LogP contribution is -2.23. The number of ether oxygens (including phenoxy) is 1. The van der Waals surface area contributed by atoms with Crippen LogP contribution in [0.4, 0.5) is 0 Å². The standard InChI is InChI=1S/C7H10OS2/c9-7-8-5-3-1-2-4-6(5)10-7/h5-6H,1-4H2/t5-,6-/m1/s1. The van der Waals surface area contributed by atoms with E-state index in [1.165, 1.54) is 25.7 Å². The van der Waals surface area contributed by atoms with Crippen LogP contribution in [0, 0.1) is 0 Å². The molecule has 2 aliphatic rings. The van der Waals surface area contributed by atoms with E-state index in [0.717, 1.165) is 4.38 Å². The second kappa shape index (κ2) is 2.70. The topological polar surface area (TPSA) is 9.23 Å². The summed E-state index contributed by atoms with van der Waals surface area (Å²) in [5, 5.41) is 0.696. The van der Waals surface area contributed by atoms with Crippen molar-refractivity contribution in [2.75, 3.05) is 0 Å². The number of rotatable bonds is 0. The lowest BCUT2D eigenvalue weighted by Gasteiger charge is -2.21. The molecule has 3 heteroatoms. The van der Waals surface area contributed by atoms with Crippen molar-refractivity contribution in [1.29, 1.82) is 0 Å². The molecule has 0 amide bonds. The van der Waals surface area contributed by atoms with Crippen molar-refractivity contribution in [2.24, 2.45) is 0 Å². The van der Waals surface area contributed by atoms with E-state index >= 15 is 0 Å². The molecule has 2 rings (SSSR count). The van der Waals surface area contributed by atoms with E-state index in [-0.39, 0.29) is 0 Å². The van der Waals surface area contributed by atoms with Gasteiger partial charge in [0.1, 0.15) is 6.10 Å². The molecule has 0 bridgehead atoms. The zero-order chi connectivity index (χ0) is 6.97. The lowest BCUT2D eigenvalue weighted by molar-refractivity contribution is 0.171. The average molecular weight is 174 g/mol. The highest BCUT2D eigenvalue weighted by atomic mass is 32.2. The summed E-state index contributed by atoms with van der Waals surface area (Å²) in [6.07, 6.45) is 5.67. The van der Waals surface area contributed by atoms with Crippen molar-refractivity contribution < 1.29 is 4.74 Å². The SMILES string of the molecule is S=C1O[C@@H]2CCCC[C@H]2S1. The predicted octanol–water partition coefficient (Wildman–Crippen LogP) is 2.35. The van der Waals surface area contributed by atoms with Gasteiger partial charge in [-0.2, -0.15) is 0 Å². The van der Waals surface area contributed by atoms with Crippen LogP contribution in [-0.4, -0.2) is 15.7 Å². The highest BCUT2D eigenvalue weighted by molar-refractivity contribution is 8.23. The number of thioether (sulfide) groups is 1. The van der Waals surface area contributed by atoms with Gasteiger partial charge in [-0.05, 0) is 31.5 Å². The average Bonchev–Trinajstić information content (AvgIpc) is 2.27. The molecule has 56 valence electrons. The fraction of sp³-hybridized carbons (Fsp3) is 0.857. The van der Waals surface area contributed by atoms with E-state index in [9.17, 15) is 0 Å². The summed E-state index contributed by atoms with van der Waals surface area (Å²) in [7, 11) is 0. The molecule has 0 N–H and O–H groups in total. The smallest absolute Gasteiger partial charge is 0.220 e.